The zero-order chi connectivity index (χ0) is 10.7. The summed E-state index contributed by atoms with van der Waals surface area (Å²) in [6, 6.07) is 1.87. The fourth-order valence-corrected chi connectivity index (χ4v) is 1.45. The van der Waals surface area contributed by atoms with Crippen LogP contribution in [0.25, 0.3) is 0 Å². The average molecular weight is 197 g/mol. The summed E-state index contributed by atoms with van der Waals surface area (Å²) in [7, 11) is 1.73. The first-order chi connectivity index (χ1) is 6.54. The van der Waals surface area contributed by atoms with Crippen LogP contribution in [0, 0.1) is 12.8 Å². The number of anilines is 1. The highest BCUT2D eigenvalue weighted by Gasteiger charge is 2.14. The molecule has 0 saturated heterocycles. The summed E-state index contributed by atoms with van der Waals surface area (Å²) < 4.78 is 7.27. The predicted octanol–water partition coefficient (Wildman–Crippen LogP) is 1.44. The van der Waals surface area contributed by atoms with Crippen LogP contribution in [0.3, 0.4) is 0 Å². The minimum atomic E-state index is 0.188. The number of methoxy groups -OCH3 is 1. The van der Waals surface area contributed by atoms with Crippen molar-refractivity contribution in [3.63, 3.8) is 0 Å². The van der Waals surface area contributed by atoms with Gasteiger partial charge in [-0.05, 0) is 12.8 Å². The van der Waals surface area contributed by atoms with Gasteiger partial charge >= 0.3 is 0 Å². The van der Waals surface area contributed by atoms with Gasteiger partial charge in [-0.25, -0.2) is 0 Å². The zero-order valence-corrected chi connectivity index (χ0v) is 9.32. The largest absolute Gasteiger partial charge is 0.382 e. The maximum absolute atomic E-state index is 5.60. The van der Waals surface area contributed by atoms with Gasteiger partial charge in [0.05, 0.1) is 12.6 Å². The van der Waals surface area contributed by atoms with Crippen molar-refractivity contribution >= 4 is 5.82 Å². The second kappa shape index (κ2) is 4.46. The van der Waals surface area contributed by atoms with Crippen molar-refractivity contribution in [2.24, 2.45) is 5.92 Å². The lowest BCUT2D eigenvalue weighted by molar-refractivity contribution is 0.0479. The van der Waals surface area contributed by atoms with Crippen molar-refractivity contribution in [2.75, 3.05) is 12.8 Å². The molecule has 0 aliphatic rings. The van der Waals surface area contributed by atoms with Crippen LogP contribution in [0.2, 0.25) is 0 Å². The van der Waals surface area contributed by atoms with Crippen molar-refractivity contribution < 1.29 is 4.74 Å². The van der Waals surface area contributed by atoms with E-state index in [1.54, 1.807) is 7.11 Å². The molecule has 0 saturated carbocycles. The standard InChI is InChI=1S/C10H19N3O/c1-7(2)9(14-4)6-13-8(3)5-10(11)12-13/h5,7,9H,6H2,1-4H3,(H2,11,12). The summed E-state index contributed by atoms with van der Waals surface area (Å²) >= 11 is 0. The van der Waals surface area contributed by atoms with Crippen molar-refractivity contribution in [3.8, 4) is 0 Å². The Kier molecular flexibility index (Phi) is 3.52. The number of nitrogens with two attached hydrogens (primary N) is 1. The molecule has 1 aromatic heterocycles. The molecule has 1 unspecified atom stereocenters. The van der Waals surface area contributed by atoms with Crippen LogP contribution in [0.15, 0.2) is 6.07 Å². The highest BCUT2D eigenvalue weighted by Crippen LogP contribution is 2.11. The third-order valence-electron chi connectivity index (χ3n) is 2.40. The van der Waals surface area contributed by atoms with Gasteiger partial charge in [0.2, 0.25) is 0 Å². The minimum absolute atomic E-state index is 0.188. The van der Waals surface area contributed by atoms with Crippen LogP contribution in [-0.2, 0) is 11.3 Å². The molecule has 1 aromatic rings. The Labute approximate surface area is 85.0 Å². The quantitative estimate of drug-likeness (QED) is 0.794. The van der Waals surface area contributed by atoms with E-state index in [0.29, 0.717) is 11.7 Å². The molecule has 0 radical (unpaired) electrons. The summed E-state index contributed by atoms with van der Waals surface area (Å²) in [5.74, 6) is 1.05. The number of aryl methyl sites for hydroxylation is 1. The van der Waals surface area contributed by atoms with Crippen LogP contribution in [0.4, 0.5) is 5.82 Å². The third-order valence-corrected chi connectivity index (χ3v) is 2.40. The highest BCUT2D eigenvalue weighted by molar-refractivity contribution is 5.28. The Bertz CT molecular complexity index is 294. The fraction of sp³-hybridized carbons (Fsp3) is 0.700. The molecule has 0 aliphatic heterocycles. The molecule has 4 heteroatoms. The summed E-state index contributed by atoms with van der Waals surface area (Å²) in [6.07, 6.45) is 0.188. The Hall–Kier alpha value is -1.03. The van der Waals surface area contributed by atoms with Crippen molar-refractivity contribution in [1.82, 2.24) is 9.78 Å². The second-order valence-electron chi connectivity index (χ2n) is 3.91. The number of nitrogens with zero attached hydrogens (tertiary/aromatic N) is 2. The monoisotopic (exact) mass is 197 g/mol. The van der Waals surface area contributed by atoms with Crippen molar-refractivity contribution in [1.29, 1.82) is 0 Å². The van der Waals surface area contributed by atoms with Crippen molar-refractivity contribution in [3.05, 3.63) is 11.8 Å². The maximum Gasteiger partial charge on any atom is 0.145 e. The van der Waals surface area contributed by atoms with Gasteiger partial charge in [0.25, 0.3) is 0 Å². The molecule has 0 aromatic carbocycles. The van der Waals surface area contributed by atoms with E-state index in [1.807, 2.05) is 17.7 Å². The summed E-state index contributed by atoms with van der Waals surface area (Å²) in [6.45, 7) is 7.03. The molecule has 1 rings (SSSR count). The lowest BCUT2D eigenvalue weighted by Gasteiger charge is -2.19. The number of rotatable bonds is 4. The molecular formula is C10H19N3O. The number of aromatic nitrogens is 2. The summed E-state index contributed by atoms with van der Waals surface area (Å²) in [5, 5.41) is 4.19. The number of ether oxygens (including phenoxy) is 1. The smallest absolute Gasteiger partial charge is 0.145 e. The van der Waals surface area contributed by atoms with E-state index in [0.717, 1.165) is 12.2 Å². The van der Waals surface area contributed by atoms with Gasteiger partial charge in [-0.15, -0.1) is 0 Å². The molecule has 1 atom stereocenters. The van der Waals surface area contributed by atoms with Crippen LogP contribution >= 0.6 is 0 Å². The first kappa shape index (κ1) is 11.0. The van der Waals surface area contributed by atoms with Gasteiger partial charge in [-0.3, -0.25) is 4.68 Å². The Morgan fingerprint density at radius 2 is 2.21 bits per heavy atom. The SMILES string of the molecule is COC(Cn1nc(N)cc1C)C(C)C. The Morgan fingerprint density at radius 3 is 2.57 bits per heavy atom. The number of hydrogen-bond acceptors (Lipinski definition) is 3. The van der Waals surface area contributed by atoms with E-state index in [4.69, 9.17) is 10.5 Å². The lowest BCUT2D eigenvalue weighted by atomic mass is 10.1. The topological polar surface area (TPSA) is 53.1 Å². The molecule has 2 N–H and O–H groups in total. The van der Waals surface area contributed by atoms with E-state index >= 15 is 0 Å². The van der Waals surface area contributed by atoms with Gasteiger partial charge in [-0.2, -0.15) is 5.10 Å². The van der Waals surface area contributed by atoms with E-state index < -0.39 is 0 Å². The second-order valence-corrected chi connectivity index (χ2v) is 3.91. The van der Waals surface area contributed by atoms with Gasteiger partial charge < -0.3 is 10.5 Å². The summed E-state index contributed by atoms with van der Waals surface area (Å²) in [5.41, 5.74) is 6.67. The van der Waals surface area contributed by atoms with Crippen LogP contribution in [-0.4, -0.2) is 23.0 Å². The minimum Gasteiger partial charge on any atom is -0.382 e. The molecular weight excluding hydrogens is 178 g/mol. The number of hydrogen-bond donors (Lipinski definition) is 1. The first-order valence-electron chi connectivity index (χ1n) is 4.87. The average Bonchev–Trinajstić information content (AvgIpc) is 2.40. The fourth-order valence-electron chi connectivity index (χ4n) is 1.45. The van der Waals surface area contributed by atoms with E-state index in [-0.39, 0.29) is 6.10 Å². The normalized spacial score (nSPS) is 13.5. The molecule has 1 heterocycles. The molecule has 14 heavy (non-hydrogen) atoms. The van der Waals surface area contributed by atoms with Crippen molar-refractivity contribution in [2.45, 2.75) is 33.4 Å². The molecule has 80 valence electrons. The van der Waals surface area contributed by atoms with Crippen LogP contribution in [0.1, 0.15) is 19.5 Å². The van der Waals surface area contributed by atoms with Gasteiger partial charge in [0.15, 0.2) is 0 Å². The Balaban J connectivity index is 2.71. The van der Waals surface area contributed by atoms with E-state index in [2.05, 4.69) is 18.9 Å². The van der Waals surface area contributed by atoms with Gasteiger partial charge in [0.1, 0.15) is 5.82 Å². The van der Waals surface area contributed by atoms with E-state index in [9.17, 15) is 0 Å². The third kappa shape index (κ3) is 2.48. The number of nitrogen functional groups attached to an aromatic ring is 1. The predicted molar refractivity (Wildman–Crippen MR) is 57.0 cm³/mol. The molecule has 0 bridgehead atoms. The molecule has 0 fully saturated rings. The molecule has 4 nitrogen and oxygen atoms in total. The maximum atomic E-state index is 5.60. The first-order valence-corrected chi connectivity index (χ1v) is 4.87. The highest BCUT2D eigenvalue weighted by atomic mass is 16.5. The molecule has 0 aliphatic carbocycles. The molecule has 0 spiro atoms. The van der Waals surface area contributed by atoms with Gasteiger partial charge in [-0.1, -0.05) is 13.8 Å². The van der Waals surface area contributed by atoms with E-state index in [1.165, 1.54) is 0 Å². The zero-order valence-electron chi connectivity index (χ0n) is 9.32. The molecule has 0 amide bonds. The van der Waals surface area contributed by atoms with Crippen LogP contribution in [0.5, 0.6) is 0 Å². The summed E-state index contributed by atoms with van der Waals surface area (Å²) in [4.78, 5) is 0. The van der Waals surface area contributed by atoms with Gasteiger partial charge in [0, 0.05) is 18.9 Å². The lowest BCUT2D eigenvalue weighted by Crippen LogP contribution is -2.25. The van der Waals surface area contributed by atoms with Crippen LogP contribution < -0.4 is 5.73 Å². The Morgan fingerprint density at radius 1 is 1.57 bits per heavy atom.